The van der Waals surface area contributed by atoms with Crippen molar-refractivity contribution in [1.29, 1.82) is 0 Å². The molecule has 2 aromatic rings. The molecule has 59 heavy (non-hydrogen) atoms. The van der Waals surface area contributed by atoms with Gasteiger partial charge in [0, 0.05) is 81.0 Å². The van der Waals surface area contributed by atoms with Gasteiger partial charge in [0.25, 0.3) is 0 Å². The highest BCUT2D eigenvalue weighted by molar-refractivity contribution is 6.04. The summed E-state index contributed by atoms with van der Waals surface area (Å²) in [7, 11) is 4.31. The number of hydroxylamine groups is 1. The topological polar surface area (TPSA) is 99.6 Å². The molecular formula is C50H70N8O. The number of hydrogen-bond acceptors (Lipinski definition) is 7. The van der Waals surface area contributed by atoms with Crippen LogP contribution < -0.4 is 21.4 Å². The summed E-state index contributed by atoms with van der Waals surface area (Å²) in [5, 5.41) is 19.8. The quantitative estimate of drug-likeness (QED) is 0.0224. The van der Waals surface area contributed by atoms with Crippen LogP contribution in [0.25, 0.3) is 11.3 Å². The van der Waals surface area contributed by atoms with Crippen molar-refractivity contribution >= 4 is 22.9 Å². The summed E-state index contributed by atoms with van der Waals surface area (Å²) in [5.41, 5.74) is 12.7. The van der Waals surface area contributed by atoms with Gasteiger partial charge in [0.15, 0.2) is 0 Å². The van der Waals surface area contributed by atoms with Gasteiger partial charge in [-0.3, -0.25) is 4.99 Å². The van der Waals surface area contributed by atoms with E-state index in [1.165, 1.54) is 41.8 Å². The Balaban J connectivity index is 1.36. The molecule has 0 saturated heterocycles. The van der Waals surface area contributed by atoms with E-state index in [1.807, 2.05) is 19.2 Å². The third-order valence-corrected chi connectivity index (χ3v) is 10.8. The minimum Gasteiger partial charge on any atom is -0.381 e. The summed E-state index contributed by atoms with van der Waals surface area (Å²) in [5.74, 6) is 2.76. The fraction of sp³-hybridized carbons (Fsp3) is 0.400. The van der Waals surface area contributed by atoms with Gasteiger partial charge in [-0.25, -0.2) is 10.5 Å². The van der Waals surface area contributed by atoms with Crippen molar-refractivity contribution < 1.29 is 5.21 Å². The fourth-order valence-corrected chi connectivity index (χ4v) is 7.68. The van der Waals surface area contributed by atoms with Crippen LogP contribution in [0.15, 0.2) is 150 Å². The van der Waals surface area contributed by atoms with Crippen molar-refractivity contribution in [2.24, 2.45) is 15.9 Å². The van der Waals surface area contributed by atoms with E-state index in [0.717, 1.165) is 110 Å². The molecule has 316 valence electrons. The second-order valence-corrected chi connectivity index (χ2v) is 15.6. The van der Waals surface area contributed by atoms with Crippen LogP contribution in [-0.2, 0) is 6.42 Å². The lowest BCUT2D eigenvalue weighted by molar-refractivity contribution is 0.165. The maximum Gasteiger partial charge on any atom is 0.128 e. The first-order valence-corrected chi connectivity index (χ1v) is 21.4. The summed E-state index contributed by atoms with van der Waals surface area (Å²) < 4.78 is 0. The van der Waals surface area contributed by atoms with Crippen molar-refractivity contribution in [1.82, 2.24) is 31.2 Å². The van der Waals surface area contributed by atoms with Gasteiger partial charge in [0.2, 0.25) is 0 Å². The number of allylic oxidation sites excluding steroid dienone is 6. The van der Waals surface area contributed by atoms with Crippen molar-refractivity contribution in [3.63, 3.8) is 0 Å². The predicted octanol–water partition coefficient (Wildman–Crippen LogP) is 10.1. The zero-order valence-electron chi connectivity index (χ0n) is 36.3. The van der Waals surface area contributed by atoms with Gasteiger partial charge < -0.3 is 31.0 Å². The number of nitrogens with zero attached hydrogens (tertiary/aromatic N) is 4. The van der Waals surface area contributed by atoms with Gasteiger partial charge in [-0.2, -0.15) is 0 Å². The molecule has 0 aromatic heterocycles. The molecule has 1 unspecified atom stereocenters. The molecule has 0 spiro atoms. The Morgan fingerprint density at radius 2 is 1.71 bits per heavy atom. The van der Waals surface area contributed by atoms with E-state index < -0.39 is 0 Å². The molecule has 0 bridgehead atoms. The minimum atomic E-state index is 0.216. The highest BCUT2D eigenvalue weighted by atomic mass is 16.5. The van der Waals surface area contributed by atoms with E-state index in [4.69, 9.17) is 10.2 Å². The van der Waals surface area contributed by atoms with Crippen LogP contribution >= 0.6 is 0 Å². The van der Waals surface area contributed by atoms with E-state index in [2.05, 4.69) is 150 Å². The van der Waals surface area contributed by atoms with E-state index in [-0.39, 0.29) is 5.92 Å². The van der Waals surface area contributed by atoms with Gasteiger partial charge in [-0.15, -0.1) is 6.58 Å². The largest absolute Gasteiger partial charge is 0.381 e. The Morgan fingerprint density at radius 3 is 2.44 bits per heavy atom. The summed E-state index contributed by atoms with van der Waals surface area (Å²) in [6.45, 7) is 23.6. The Morgan fingerprint density at radius 1 is 0.932 bits per heavy atom. The molecular weight excluding hydrogens is 729 g/mol. The Bertz CT molecular complexity index is 1900. The summed E-state index contributed by atoms with van der Waals surface area (Å²) >= 11 is 0. The molecule has 9 nitrogen and oxygen atoms in total. The number of aryl methyl sites for hydroxylation is 1. The molecule has 1 heterocycles. The molecule has 2 aromatic carbocycles. The Hall–Kier alpha value is -5.38. The molecule has 1 atom stereocenters. The van der Waals surface area contributed by atoms with Gasteiger partial charge in [0.1, 0.15) is 17.5 Å². The van der Waals surface area contributed by atoms with Crippen LogP contribution in [0.4, 0.5) is 0 Å². The van der Waals surface area contributed by atoms with Gasteiger partial charge in [-0.1, -0.05) is 106 Å². The molecule has 5 N–H and O–H groups in total. The average Bonchev–Trinajstić information content (AvgIpc) is 3.24. The van der Waals surface area contributed by atoms with Crippen molar-refractivity contribution in [2.75, 3.05) is 40.3 Å². The number of amidine groups is 2. The first kappa shape index (κ1) is 46.3. The Kier molecular flexibility index (Phi) is 19.8. The number of hydrogen-bond donors (Lipinski definition) is 5. The normalized spacial score (nSPS) is 16.3. The SMILES string of the molecule is C=CN=C(C)NC1=C(C(C=C)CCN(C)C=C)C(N(C)CCCCCCCc2cccc(/C(C(=C)C)=C3\NC(c4ccccc4)=CC(=NCCCCNO)N3)c2)=CCC1. The molecule has 4 rings (SSSR count). The molecule has 0 radical (unpaired) electrons. The smallest absolute Gasteiger partial charge is 0.128 e. The molecule has 0 fully saturated rings. The molecule has 0 saturated carbocycles. The highest BCUT2D eigenvalue weighted by Gasteiger charge is 2.25. The van der Waals surface area contributed by atoms with E-state index in [9.17, 15) is 0 Å². The molecule has 1 aliphatic carbocycles. The number of rotatable bonds is 25. The van der Waals surface area contributed by atoms with Crippen LogP contribution in [0.5, 0.6) is 0 Å². The molecule has 9 heteroatoms. The molecule has 0 amide bonds. The second kappa shape index (κ2) is 25.2. The maximum absolute atomic E-state index is 8.94. The average molecular weight is 799 g/mol. The van der Waals surface area contributed by atoms with Crippen molar-refractivity contribution in [3.8, 4) is 0 Å². The summed E-state index contributed by atoms with van der Waals surface area (Å²) in [6, 6.07) is 19.2. The predicted molar refractivity (Wildman–Crippen MR) is 252 cm³/mol. The van der Waals surface area contributed by atoms with Gasteiger partial charge >= 0.3 is 0 Å². The zero-order valence-corrected chi connectivity index (χ0v) is 36.3. The minimum absolute atomic E-state index is 0.216. The van der Waals surface area contributed by atoms with E-state index in [0.29, 0.717) is 13.1 Å². The lowest BCUT2D eigenvalue weighted by Crippen LogP contribution is -2.36. The van der Waals surface area contributed by atoms with Gasteiger partial charge in [0.05, 0.1) is 5.70 Å². The van der Waals surface area contributed by atoms with E-state index in [1.54, 1.807) is 6.20 Å². The third kappa shape index (κ3) is 14.7. The molecule has 2 aliphatic rings. The number of unbranched alkanes of at least 4 members (excludes halogenated alkanes) is 5. The lowest BCUT2D eigenvalue weighted by Gasteiger charge is -2.34. The second-order valence-electron chi connectivity index (χ2n) is 15.6. The Labute approximate surface area is 355 Å². The van der Waals surface area contributed by atoms with Gasteiger partial charge in [-0.05, 0) is 93.7 Å². The summed E-state index contributed by atoms with van der Waals surface area (Å²) in [4.78, 5) is 13.9. The maximum atomic E-state index is 8.94. The first-order chi connectivity index (χ1) is 28.7. The number of benzene rings is 2. The zero-order chi connectivity index (χ0) is 42.4. The lowest BCUT2D eigenvalue weighted by atomic mass is 9.86. The first-order valence-electron chi connectivity index (χ1n) is 21.4. The number of likely N-dealkylation sites (N-methyl/N-ethyl adjacent to an activating group) is 1. The van der Waals surface area contributed by atoms with Crippen LogP contribution in [0, 0.1) is 5.92 Å². The van der Waals surface area contributed by atoms with Crippen molar-refractivity contribution in [2.45, 2.75) is 84.5 Å². The standard InChI is InChI=1S/C50H70N8O/c1-9-41(31-35-57(7)11-3)49-44(54-39(6)51-10-2)29-23-30-46(49)58(8)34-21-14-12-13-16-24-40-25-22-28-43(36-40)48(38(4)5)50-55-45(42-26-17-15-18-27-42)37-47(56-50)52-32-19-20-33-53-59/h9-11,15,17-18,22,25-28,30,36-37,41,53,55,59H,1-4,12-14,16,19-21,23-24,29,31-35H2,5-8H3,(H,51,54)(H,52,56)/b50-48+. The fourth-order valence-electron chi connectivity index (χ4n) is 7.68. The number of nitrogens with one attached hydrogen (secondary N) is 4. The van der Waals surface area contributed by atoms with Crippen LogP contribution in [0.3, 0.4) is 0 Å². The van der Waals surface area contributed by atoms with Crippen molar-refractivity contribution in [3.05, 3.63) is 157 Å². The van der Waals surface area contributed by atoms with Crippen LogP contribution in [-0.4, -0.2) is 67.0 Å². The van der Waals surface area contributed by atoms with Crippen LogP contribution in [0.2, 0.25) is 0 Å². The van der Waals surface area contributed by atoms with E-state index >= 15 is 0 Å². The highest BCUT2D eigenvalue weighted by Crippen LogP contribution is 2.34. The summed E-state index contributed by atoms with van der Waals surface area (Å²) in [6.07, 6.45) is 21.6. The molecule has 1 aliphatic heterocycles. The monoisotopic (exact) mass is 799 g/mol. The van der Waals surface area contributed by atoms with Crippen LogP contribution in [0.1, 0.15) is 94.7 Å². The third-order valence-electron chi connectivity index (χ3n) is 10.8. The number of aliphatic imine (C=N–C) groups is 2.